The summed E-state index contributed by atoms with van der Waals surface area (Å²) >= 11 is 0. The van der Waals surface area contributed by atoms with Crippen molar-refractivity contribution in [2.45, 2.75) is 13.5 Å². The molecule has 2 aromatic heterocycles. The predicted octanol–water partition coefficient (Wildman–Crippen LogP) is 2.95. The quantitative estimate of drug-likeness (QED) is 0.689. The molecule has 1 aromatic carbocycles. The van der Waals surface area contributed by atoms with Gasteiger partial charge in [0, 0.05) is 6.20 Å². The smallest absolute Gasteiger partial charge is 0.262 e. The third kappa shape index (κ3) is 1.84. The van der Waals surface area contributed by atoms with Gasteiger partial charge in [-0.3, -0.25) is 4.79 Å². The Hall–Kier alpha value is -2.29. The molecule has 18 heavy (non-hydrogen) atoms. The van der Waals surface area contributed by atoms with Crippen molar-refractivity contribution in [3.05, 3.63) is 70.3 Å². The van der Waals surface area contributed by atoms with Gasteiger partial charge in [0.15, 0.2) is 0 Å². The van der Waals surface area contributed by atoms with Crippen LogP contribution in [0, 0.1) is 6.92 Å². The van der Waals surface area contributed by atoms with Crippen LogP contribution >= 0.6 is 0 Å². The molecular weight excluding hydrogens is 226 g/mol. The second kappa shape index (κ2) is 4.18. The first-order chi connectivity index (χ1) is 8.74. The Bertz CT molecular complexity index is 738. The van der Waals surface area contributed by atoms with E-state index in [1.807, 2.05) is 43.3 Å². The van der Waals surface area contributed by atoms with Crippen molar-refractivity contribution >= 4 is 11.0 Å². The van der Waals surface area contributed by atoms with Gasteiger partial charge in [0.25, 0.3) is 5.56 Å². The van der Waals surface area contributed by atoms with Gasteiger partial charge < -0.3 is 8.98 Å². The average molecular weight is 239 g/mol. The van der Waals surface area contributed by atoms with E-state index in [2.05, 4.69) is 0 Å². The maximum Gasteiger partial charge on any atom is 0.262 e. The molecule has 0 fully saturated rings. The first-order valence-electron chi connectivity index (χ1n) is 5.87. The minimum absolute atomic E-state index is 0.00629. The Kier molecular flexibility index (Phi) is 2.52. The SMILES string of the molecule is Cc1cc2c(=O)n(Cc3ccccc3)ccc2o1. The largest absolute Gasteiger partial charge is 0.461 e. The van der Waals surface area contributed by atoms with Crippen LogP contribution in [0.2, 0.25) is 0 Å². The number of aryl methyl sites for hydroxylation is 1. The minimum Gasteiger partial charge on any atom is -0.461 e. The number of fused-ring (bicyclic) bond motifs is 1. The zero-order chi connectivity index (χ0) is 12.5. The van der Waals surface area contributed by atoms with Crippen molar-refractivity contribution < 1.29 is 4.42 Å². The second-order valence-electron chi connectivity index (χ2n) is 4.37. The summed E-state index contributed by atoms with van der Waals surface area (Å²) < 4.78 is 7.14. The van der Waals surface area contributed by atoms with Gasteiger partial charge in [-0.1, -0.05) is 30.3 Å². The third-order valence-electron chi connectivity index (χ3n) is 2.98. The molecule has 0 N–H and O–H groups in total. The Balaban J connectivity index is 2.08. The normalized spacial score (nSPS) is 10.9. The fourth-order valence-electron chi connectivity index (χ4n) is 2.11. The van der Waals surface area contributed by atoms with E-state index in [1.54, 1.807) is 16.8 Å². The van der Waals surface area contributed by atoms with Gasteiger partial charge in [-0.2, -0.15) is 0 Å². The lowest BCUT2D eigenvalue weighted by molar-refractivity contribution is 0.577. The van der Waals surface area contributed by atoms with Crippen LogP contribution in [0.5, 0.6) is 0 Å². The molecule has 0 aliphatic heterocycles. The minimum atomic E-state index is -0.00629. The molecule has 2 heterocycles. The molecule has 0 saturated carbocycles. The third-order valence-corrected chi connectivity index (χ3v) is 2.98. The molecule has 0 aliphatic carbocycles. The van der Waals surface area contributed by atoms with Gasteiger partial charge in [0.2, 0.25) is 0 Å². The number of aromatic nitrogens is 1. The molecule has 90 valence electrons. The van der Waals surface area contributed by atoms with Gasteiger partial charge in [-0.05, 0) is 24.6 Å². The fraction of sp³-hybridized carbons (Fsp3) is 0.133. The highest BCUT2D eigenvalue weighted by Gasteiger charge is 2.07. The van der Waals surface area contributed by atoms with Gasteiger partial charge in [0.05, 0.1) is 11.9 Å². The van der Waals surface area contributed by atoms with Crippen molar-refractivity contribution in [1.29, 1.82) is 0 Å². The fourth-order valence-corrected chi connectivity index (χ4v) is 2.11. The molecule has 3 nitrogen and oxygen atoms in total. The zero-order valence-corrected chi connectivity index (χ0v) is 10.1. The summed E-state index contributed by atoms with van der Waals surface area (Å²) in [6.45, 7) is 2.43. The summed E-state index contributed by atoms with van der Waals surface area (Å²) in [5.41, 5.74) is 1.76. The molecule has 0 radical (unpaired) electrons. The molecule has 0 unspecified atom stereocenters. The van der Waals surface area contributed by atoms with Crippen LogP contribution in [0.3, 0.4) is 0 Å². The van der Waals surface area contributed by atoms with Gasteiger partial charge in [-0.15, -0.1) is 0 Å². The molecule has 0 amide bonds. The Morgan fingerprint density at radius 3 is 2.72 bits per heavy atom. The summed E-state index contributed by atoms with van der Waals surface area (Å²) in [5, 5.41) is 0.644. The standard InChI is InChI=1S/C15H13NO2/c1-11-9-13-14(18-11)7-8-16(15(13)17)10-12-5-3-2-4-6-12/h2-9H,10H2,1H3. The molecule has 0 atom stereocenters. The lowest BCUT2D eigenvalue weighted by Crippen LogP contribution is -2.19. The van der Waals surface area contributed by atoms with Crippen LogP contribution in [0.15, 0.2) is 57.9 Å². The van der Waals surface area contributed by atoms with E-state index in [0.717, 1.165) is 11.3 Å². The highest BCUT2D eigenvalue weighted by Crippen LogP contribution is 2.14. The number of benzene rings is 1. The molecule has 0 aliphatic rings. The van der Waals surface area contributed by atoms with E-state index in [9.17, 15) is 4.79 Å². The van der Waals surface area contributed by atoms with Crippen LogP contribution in [-0.4, -0.2) is 4.57 Å². The maximum atomic E-state index is 12.2. The summed E-state index contributed by atoms with van der Waals surface area (Å²) in [6, 6.07) is 13.6. The van der Waals surface area contributed by atoms with Crippen molar-refractivity contribution in [1.82, 2.24) is 4.57 Å². The number of hydrogen-bond donors (Lipinski definition) is 0. The van der Waals surface area contributed by atoms with E-state index >= 15 is 0 Å². The van der Waals surface area contributed by atoms with E-state index in [1.165, 1.54) is 0 Å². The summed E-state index contributed by atoms with van der Waals surface area (Å²) in [4.78, 5) is 12.2. The average Bonchev–Trinajstić information content (AvgIpc) is 2.76. The van der Waals surface area contributed by atoms with Crippen molar-refractivity contribution in [2.24, 2.45) is 0 Å². The topological polar surface area (TPSA) is 35.1 Å². The number of furan rings is 1. The highest BCUT2D eigenvalue weighted by molar-refractivity contribution is 5.76. The van der Waals surface area contributed by atoms with Gasteiger partial charge >= 0.3 is 0 Å². The van der Waals surface area contributed by atoms with Crippen LogP contribution in [-0.2, 0) is 6.54 Å². The number of pyridine rings is 1. The van der Waals surface area contributed by atoms with Gasteiger partial charge in [-0.25, -0.2) is 0 Å². The maximum absolute atomic E-state index is 12.2. The first kappa shape index (κ1) is 10.8. The van der Waals surface area contributed by atoms with E-state index < -0.39 is 0 Å². The van der Waals surface area contributed by atoms with Crippen LogP contribution < -0.4 is 5.56 Å². The molecular formula is C15H13NO2. The molecule has 0 saturated heterocycles. The van der Waals surface area contributed by atoms with Gasteiger partial charge in [0.1, 0.15) is 11.3 Å². The second-order valence-corrected chi connectivity index (χ2v) is 4.37. The predicted molar refractivity (Wildman–Crippen MR) is 70.8 cm³/mol. The summed E-state index contributed by atoms with van der Waals surface area (Å²) in [5.74, 6) is 0.763. The summed E-state index contributed by atoms with van der Waals surface area (Å²) in [6.07, 6.45) is 1.78. The van der Waals surface area contributed by atoms with Crippen LogP contribution in [0.25, 0.3) is 11.0 Å². The van der Waals surface area contributed by atoms with Crippen molar-refractivity contribution in [3.8, 4) is 0 Å². The molecule has 0 spiro atoms. The lowest BCUT2D eigenvalue weighted by atomic mass is 10.2. The van der Waals surface area contributed by atoms with Crippen molar-refractivity contribution in [3.63, 3.8) is 0 Å². The highest BCUT2D eigenvalue weighted by atomic mass is 16.3. The lowest BCUT2D eigenvalue weighted by Gasteiger charge is -2.05. The van der Waals surface area contributed by atoms with Crippen LogP contribution in [0.4, 0.5) is 0 Å². The summed E-state index contributed by atoms with van der Waals surface area (Å²) in [7, 11) is 0. The zero-order valence-electron chi connectivity index (χ0n) is 10.1. The monoisotopic (exact) mass is 239 g/mol. The number of nitrogens with zero attached hydrogens (tertiary/aromatic N) is 1. The first-order valence-corrected chi connectivity index (χ1v) is 5.87. The molecule has 3 heteroatoms. The molecule has 3 aromatic rings. The Morgan fingerprint density at radius 1 is 1.17 bits per heavy atom. The molecule has 3 rings (SSSR count). The van der Waals surface area contributed by atoms with E-state index in [-0.39, 0.29) is 5.56 Å². The Morgan fingerprint density at radius 2 is 1.94 bits per heavy atom. The number of rotatable bonds is 2. The van der Waals surface area contributed by atoms with E-state index in [0.29, 0.717) is 17.5 Å². The van der Waals surface area contributed by atoms with E-state index in [4.69, 9.17) is 4.42 Å². The molecule has 0 bridgehead atoms. The Labute approximate surface area is 104 Å². The van der Waals surface area contributed by atoms with Crippen LogP contribution in [0.1, 0.15) is 11.3 Å². The van der Waals surface area contributed by atoms with Crippen molar-refractivity contribution in [2.75, 3.05) is 0 Å². The number of hydrogen-bond acceptors (Lipinski definition) is 2.